The van der Waals surface area contributed by atoms with Crippen LogP contribution >= 0.6 is 0 Å². The van der Waals surface area contributed by atoms with Gasteiger partial charge in [0.05, 0.1) is 11.7 Å². The van der Waals surface area contributed by atoms with Crippen molar-refractivity contribution in [3.05, 3.63) is 24.0 Å². The Hall–Kier alpha value is -1.91. The van der Waals surface area contributed by atoms with Gasteiger partial charge < -0.3 is 15.2 Å². The molecule has 0 unspecified atom stereocenters. The summed E-state index contributed by atoms with van der Waals surface area (Å²) in [4.78, 5) is 26.1. The van der Waals surface area contributed by atoms with E-state index in [0.717, 1.165) is 6.20 Å². The van der Waals surface area contributed by atoms with Crippen molar-refractivity contribution >= 4 is 17.6 Å². The van der Waals surface area contributed by atoms with Crippen molar-refractivity contribution in [2.75, 3.05) is 5.32 Å². The molecule has 0 radical (unpaired) electrons. The molecule has 1 heterocycles. The number of rotatable bonds is 2. The van der Waals surface area contributed by atoms with Gasteiger partial charge in [-0.25, -0.2) is 0 Å². The van der Waals surface area contributed by atoms with Crippen molar-refractivity contribution < 1.29 is 14.7 Å². The number of carboxylic acids is 1. The summed E-state index contributed by atoms with van der Waals surface area (Å²) in [7, 11) is 0. The fraction of sp³-hybridized carbons (Fsp3) is 0.364. The Balaban J connectivity index is 2.98. The summed E-state index contributed by atoms with van der Waals surface area (Å²) in [6.07, 6.45) is 2.55. The third-order valence-electron chi connectivity index (χ3n) is 1.97. The third kappa shape index (κ3) is 2.79. The summed E-state index contributed by atoms with van der Waals surface area (Å²) in [5, 5.41) is 13.3. The summed E-state index contributed by atoms with van der Waals surface area (Å²) in [6, 6.07) is 1.43. The number of aromatic carboxylic acids is 1. The number of nitrogens with zero attached hydrogens (tertiary/aromatic N) is 1. The normalized spacial score (nSPS) is 10.9. The number of hydrogen-bond acceptors (Lipinski definition) is 4. The SMILES string of the molecule is CC(C)(C)C(=O)Nc1ccncc1C(=O)[O-]. The van der Waals surface area contributed by atoms with Gasteiger partial charge in [0.2, 0.25) is 5.91 Å². The van der Waals surface area contributed by atoms with Gasteiger partial charge in [0.15, 0.2) is 0 Å². The molecule has 86 valence electrons. The van der Waals surface area contributed by atoms with Crippen LogP contribution in [0.5, 0.6) is 0 Å². The van der Waals surface area contributed by atoms with E-state index in [2.05, 4.69) is 10.3 Å². The maximum atomic E-state index is 11.7. The van der Waals surface area contributed by atoms with E-state index in [1.54, 1.807) is 20.8 Å². The van der Waals surface area contributed by atoms with Crippen molar-refractivity contribution in [3.63, 3.8) is 0 Å². The summed E-state index contributed by atoms with van der Waals surface area (Å²) < 4.78 is 0. The first-order chi connectivity index (χ1) is 7.32. The first-order valence-corrected chi connectivity index (χ1v) is 4.79. The van der Waals surface area contributed by atoms with Gasteiger partial charge in [-0.15, -0.1) is 0 Å². The van der Waals surface area contributed by atoms with Crippen molar-refractivity contribution in [3.8, 4) is 0 Å². The lowest BCUT2D eigenvalue weighted by molar-refractivity contribution is -0.254. The molecule has 0 aliphatic rings. The summed E-state index contributed by atoms with van der Waals surface area (Å²) in [5.74, 6) is -1.63. The summed E-state index contributed by atoms with van der Waals surface area (Å²) in [5.41, 5.74) is -0.512. The smallest absolute Gasteiger partial charge is 0.229 e. The van der Waals surface area contributed by atoms with Crippen LogP contribution in [-0.4, -0.2) is 16.9 Å². The van der Waals surface area contributed by atoms with Gasteiger partial charge in [-0.3, -0.25) is 9.78 Å². The largest absolute Gasteiger partial charge is 0.545 e. The van der Waals surface area contributed by atoms with E-state index < -0.39 is 11.4 Å². The molecule has 0 saturated carbocycles. The summed E-state index contributed by atoms with van der Waals surface area (Å²) in [6.45, 7) is 5.21. The lowest BCUT2D eigenvalue weighted by Gasteiger charge is -2.19. The number of hydrogen-bond donors (Lipinski definition) is 1. The number of anilines is 1. The predicted octanol–water partition coefficient (Wildman–Crippen LogP) is 0.430. The highest BCUT2D eigenvalue weighted by molar-refractivity contribution is 6.01. The van der Waals surface area contributed by atoms with E-state index in [1.807, 2.05) is 0 Å². The number of amides is 1. The van der Waals surface area contributed by atoms with Crippen LogP contribution in [-0.2, 0) is 4.79 Å². The lowest BCUT2D eigenvalue weighted by atomic mass is 9.95. The molecule has 1 rings (SSSR count). The van der Waals surface area contributed by atoms with Gasteiger partial charge in [0.25, 0.3) is 0 Å². The van der Waals surface area contributed by atoms with Gasteiger partial charge in [0.1, 0.15) is 0 Å². The third-order valence-corrected chi connectivity index (χ3v) is 1.97. The molecule has 0 bridgehead atoms. The Morgan fingerprint density at radius 3 is 2.50 bits per heavy atom. The molecule has 16 heavy (non-hydrogen) atoms. The Labute approximate surface area is 93.5 Å². The molecule has 0 saturated heterocycles. The average Bonchev–Trinajstić information content (AvgIpc) is 2.16. The zero-order valence-electron chi connectivity index (χ0n) is 9.40. The number of carboxylic acid groups (broad SMARTS) is 1. The first kappa shape index (κ1) is 12.2. The fourth-order valence-electron chi connectivity index (χ4n) is 0.976. The highest BCUT2D eigenvalue weighted by atomic mass is 16.4. The maximum Gasteiger partial charge on any atom is 0.229 e. The van der Waals surface area contributed by atoms with Crippen molar-refractivity contribution in [1.29, 1.82) is 0 Å². The number of nitrogens with one attached hydrogen (secondary N) is 1. The van der Waals surface area contributed by atoms with Gasteiger partial charge in [-0.1, -0.05) is 20.8 Å². The average molecular weight is 221 g/mol. The second-order valence-electron chi connectivity index (χ2n) is 4.41. The number of aromatic nitrogens is 1. The standard InChI is InChI=1S/C11H14N2O3/c1-11(2,3)10(16)13-8-4-5-12-6-7(8)9(14)15/h4-6H,1-3H3,(H,14,15)(H,12,13,16)/p-1. The van der Waals surface area contributed by atoms with E-state index in [4.69, 9.17) is 0 Å². The highest BCUT2D eigenvalue weighted by Gasteiger charge is 2.22. The van der Waals surface area contributed by atoms with Crippen LogP contribution in [0.4, 0.5) is 5.69 Å². The first-order valence-electron chi connectivity index (χ1n) is 4.79. The Kier molecular flexibility index (Phi) is 3.27. The fourth-order valence-corrected chi connectivity index (χ4v) is 0.976. The van der Waals surface area contributed by atoms with Gasteiger partial charge in [-0.05, 0) is 6.07 Å². The molecule has 0 spiro atoms. The molecule has 0 aromatic carbocycles. The van der Waals surface area contributed by atoms with E-state index in [9.17, 15) is 14.7 Å². The van der Waals surface area contributed by atoms with Crippen LogP contribution in [0, 0.1) is 5.41 Å². The quantitative estimate of drug-likeness (QED) is 0.785. The van der Waals surface area contributed by atoms with Crippen molar-refractivity contribution in [1.82, 2.24) is 4.98 Å². The molecular weight excluding hydrogens is 208 g/mol. The molecule has 5 nitrogen and oxygen atoms in total. The van der Waals surface area contributed by atoms with Gasteiger partial charge >= 0.3 is 0 Å². The van der Waals surface area contributed by atoms with Crippen LogP contribution < -0.4 is 10.4 Å². The Bertz CT molecular complexity index is 421. The zero-order valence-corrected chi connectivity index (χ0v) is 9.40. The topological polar surface area (TPSA) is 82.1 Å². The van der Waals surface area contributed by atoms with Crippen molar-refractivity contribution in [2.45, 2.75) is 20.8 Å². The minimum atomic E-state index is -1.36. The van der Waals surface area contributed by atoms with Crippen LogP contribution in [0.15, 0.2) is 18.5 Å². The summed E-state index contributed by atoms with van der Waals surface area (Å²) >= 11 is 0. The van der Waals surface area contributed by atoms with Crippen LogP contribution in [0.1, 0.15) is 31.1 Å². The number of carbonyl (C=O) groups is 2. The minimum absolute atomic E-state index is 0.125. The molecule has 1 aromatic rings. The molecule has 1 N–H and O–H groups in total. The van der Waals surface area contributed by atoms with Crippen molar-refractivity contribution in [2.24, 2.45) is 5.41 Å². The second kappa shape index (κ2) is 4.30. The van der Waals surface area contributed by atoms with E-state index in [1.165, 1.54) is 12.3 Å². The molecule has 0 fully saturated rings. The van der Waals surface area contributed by atoms with E-state index in [0.29, 0.717) is 0 Å². The number of carbonyl (C=O) groups excluding carboxylic acids is 2. The van der Waals surface area contributed by atoms with Crippen LogP contribution in [0.25, 0.3) is 0 Å². The highest BCUT2D eigenvalue weighted by Crippen LogP contribution is 2.19. The molecule has 0 aliphatic carbocycles. The molecular formula is C11H13N2O3-. The van der Waals surface area contributed by atoms with E-state index >= 15 is 0 Å². The van der Waals surface area contributed by atoms with Gasteiger partial charge in [0, 0.05) is 23.4 Å². The molecule has 0 aliphatic heterocycles. The van der Waals surface area contributed by atoms with Crippen LogP contribution in [0.3, 0.4) is 0 Å². The monoisotopic (exact) mass is 221 g/mol. The maximum absolute atomic E-state index is 11.7. The molecule has 1 amide bonds. The zero-order chi connectivity index (χ0) is 12.3. The van der Waals surface area contributed by atoms with Gasteiger partial charge in [-0.2, -0.15) is 0 Å². The Morgan fingerprint density at radius 1 is 1.38 bits per heavy atom. The molecule has 5 heteroatoms. The predicted molar refractivity (Wildman–Crippen MR) is 56.7 cm³/mol. The number of pyridine rings is 1. The molecule has 1 aromatic heterocycles. The van der Waals surface area contributed by atoms with E-state index in [-0.39, 0.29) is 17.2 Å². The lowest BCUT2D eigenvalue weighted by Crippen LogP contribution is -2.30. The minimum Gasteiger partial charge on any atom is -0.545 e. The molecule has 0 atom stereocenters. The second-order valence-corrected chi connectivity index (χ2v) is 4.41. The van der Waals surface area contributed by atoms with Crippen LogP contribution in [0.2, 0.25) is 0 Å². The Morgan fingerprint density at radius 2 is 2.00 bits per heavy atom.